The fourth-order valence-corrected chi connectivity index (χ4v) is 3.21. The number of benzene rings is 2. The van der Waals surface area contributed by atoms with E-state index in [1.54, 1.807) is 12.0 Å². The van der Waals surface area contributed by atoms with Gasteiger partial charge in [-0.25, -0.2) is 0 Å². The molecule has 0 spiro atoms. The number of amides is 1. The van der Waals surface area contributed by atoms with Gasteiger partial charge in [0.1, 0.15) is 11.4 Å². The maximum Gasteiger partial charge on any atom is 0.231 e. The van der Waals surface area contributed by atoms with Crippen LogP contribution in [0.15, 0.2) is 53.1 Å². The number of hydrogen-bond donors (Lipinski definition) is 0. The molecule has 4 rings (SSSR count). The lowest BCUT2D eigenvalue weighted by Crippen LogP contribution is -2.29. The van der Waals surface area contributed by atoms with Gasteiger partial charge in [0.05, 0.1) is 13.7 Å². The molecule has 1 aliphatic heterocycles. The first-order valence-electron chi connectivity index (χ1n) is 9.42. The van der Waals surface area contributed by atoms with E-state index in [9.17, 15) is 4.79 Å². The second-order valence-corrected chi connectivity index (χ2v) is 6.71. The molecule has 2 aromatic carbocycles. The number of hydrogen-bond acceptors (Lipinski definition) is 6. The van der Waals surface area contributed by atoms with Crippen molar-refractivity contribution in [3.63, 3.8) is 0 Å². The molecule has 0 saturated heterocycles. The molecule has 150 valence electrons. The summed E-state index contributed by atoms with van der Waals surface area (Å²) >= 11 is 0. The lowest BCUT2D eigenvalue weighted by Gasteiger charge is -2.21. The van der Waals surface area contributed by atoms with Gasteiger partial charge in [0, 0.05) is 24.6 Å². The van der Waals surface area contributed by atoms with E-state index in [1.165, 1.54) is 0 Å². The summed E-state index contributed by atoms with van der Waals surface area (Å²) in [6, 6.07) is 15.1. The number of fused-ring (bicyclic) bond motifs is 1. The molecule has 3 aromatic rings. The molecule has 1 aliphatic rings. The summed E-state index contributed by atoms with van der Waals surface area (Å²) in [4.78, 5) is 14.3. The van der Waals surface area contributed by atoms with Crippen LogP contribution < -0.4 is 14.2 Å². The molecule has 0 atom stereocenters. The van der Waals surface area contributed by atoms with E-state index in [2.05, 4.69) is 5.16 Å². The van der Waals surface area contributed by atoms with Gasteiger partial charge in [0.25, 0.3) is 0 Å². The molecule has 7 heteroatoms. The second-order valence-electron chi connectivity index (χ2n) is 6.71. The fourth-order valence-electron chi connectivity index (χ4n) is 3.21. The van der Waals surface area contributed by atoms with Crippen molar-refractivity contribution in [3.05, 3.63) is 59.8 Å². The maximum atomic E-state index is 12.5. The predicted octanol–water partition coefficient (Wildman–Crippen LogP) is 4.02. The van der Waals surface area contributed by atoms with Crippen molar-refractivity contribution in [2.75, 3.05) is 13.9 Å². The lowest BCUT2D eigenvalue weighted by molar-refractivity contribution is -0.132. The summed E-state index contributed by atoms with van der Waals surface area (Å²) in [7, 11) is 1.62. The zero-order valence-electron chi connectivity index (χ0n) is 16.4. The third kappa shape index (κ3) is 4.18. The van der Waals surface area contributed by atoms with Gasteiger partial charge < -0.3 is 23.6 Å². The first-order chi connectivity index (χ1) is 14.2. The molecule has 0 fully saturated rings. The summed E-state index contributed by atoms with van der Waals surface area (Å²) in [5.41, 5.74) is 2.52. The molecule has 0 bridgehead atoms. The van der Waals surface area contributed by atoms with Crippen LogP contribution in [0.4, 0.5) is 0 Å². The number of aromatic nitrogens is 1. The molecule has 0 saturated carbocycles. The smallest absolute Gasteiger partial charge is 0.231 e. The molecule has 29 heavy (non-hydrogen) atoms. The third-order valence-corrected chi connectivity index (χ3v) is 4.73. The van der Waals surface area contributed by atoms with Crippen molar-refractivity contribution >= 4 is 5.91 Å². The fraction of sp³-hybridized carbons (Fsp3) is 0.273. The predicted molar refractivity (Wildman–Crippen MR) is 106 cm³/mol. The minimum absolute atomic E-state index is 0.0357. The van der Waals surface area contributed by atoms with Gasteiger partial charge in [-0.15, -0.1) is 0 Å². The average molecular weight is 394 g/mol. The molecule has 7 nitrogen and oxygen atoms in total. The van der Waals surface area contributed by atoms with Gasteiger partial charge in [-0.05, 0) is 29.8 Å². The highest BCUT2D eigenvalue weighted by atomic mass is 16.7. The number of nitrogens with zero attached hydrogens (tertiary/aromatic N) is 2. The SMILES string of the molecule is CCC(=O)N(Cc1ccc2c(c1)OCO2)Cc1cc(-c2cccc(OC)c2)on1. The standard InChI is InChI=1S/C22H22N2O5/c1-3-22(25)24(12-15-7-8-19-21(9-15)28-14-27-19)13-17-11-20(29-23-17)16-5-4-6-18(10-16)26-2/h4-11H,3,12-14H2,1-2H3. The molecule has 0 aliphatic carbocycles. The van der Waals surface area contributed by atoms with Crippen LogP contribution in [-0.2, 0) is 17.9 Å². The van der Waals surface area contributed by atoms with E-state index in [1.807, 2.05) is 55.5 Å². The van der Waals surface area contributed by atoms with Crippen molar-refractivity contribution < 1.29 is 23.5 Å². The summed E-state index contributed by atoms with van der Waals surface area (Å²) in [5, 5.41) is 4.15. The topological polar surface area (TPSA) is 74.0 Å². The Balaban J connectivity index is 1.51. The van der Waals surface area contributed by atoms with E-state index in [0.29, 0.717) is 36.7 Å². The summed E-state index contributed by atoms with van der Waals surface area (Å²) in [6.07, 6.45) is 0.408. The Morgan fingerprint density at radius 2 is 1.97 bits per heavy atom. The van der Waals surface area contributed by atoms with E-state index in [4.69, 9.17) is 18.7 Å². The van der Waals surface area contributed by atoms with Gasteiger partial charge in [-0.2, -0.15) is 0 Å². The monoisotopic (exact) mass is 394 g/mol. The Morgan fingerprint density at radius 1 is 1.10 bits per heavy atom. The van der Waals surface area contributed by atoms with E-state index in [-0.39, 0.29) is 12.7 Å². The largest absolute Gasteiger partial charge is 0.497 e. The zero-order chi connectivity index (χ0) is 20.2. The van der Waals surface area contributed by atoms with Crippen LogP contribution in [0.3, 0.4) is 0 Å². The highest BCUT2D eigenvalue weighted by molar-refractivity contribution is 5.76. The molecule has 2 heterocycles. The highest BCUT2D eigenvalue weighted by Gasteiger charge is 2.19. The quantitative estimate of drug-likeness (QED) is 0.603. The average Bonchev–Trinajstić information content (AvgIpc) is 3.42. The number of rotatable bonds is 7. The van der Waals surface area contributed by atoms with Crippen molar-refractivity contribution in [3.8, 4) is 28.6 Å². The Kier molecular flexibility index (Phi) is 5.37. The summed E-state index contributed by atoms with van der Waals surface area (Å²) in [6.45, 7) is 2.88. The molecule has 1 aromatic heterocycles. The zero-order valence-corrected chi connectivity index (χ0v) is 16.4. The van der Waals surface area contributed by atoms with E-state index < -0.39 is 0 Å². The van der Waals surface area contributed by atoms with Gasteiger partial charge in [-0.3, -0.25) is 4.79 Å². The Labute approximate surface area is 168 Å². The second kappa shape index (κ2) is 8.26. The van der Waals surface area contributed by atoms with Crippen LogP contribution in [-0.4, -0.2) is 29.9 Å². The molecule has 0 radical (unpaired) electrons. The van der Waals surface area contributed by atoms with Crippen molar-refractivity contribution in [2.24, 2.45) is 0 Å². The van der Waals surface area contributed by atoms with Crippen LogP contribution in [0.2, 0.25) is 0 Å². The van der Waals surface area contributed by atoms with Gasteiger partial charge >= 0.3 is 0 Å². The third-order valence-electron chi connectivity index (χ3n) is 4.73. The van der Waals surface area contributed by atoms with Gasteiger partial charge in [0.2, 0.25) is 12.7 Å². The number of carbonyl (C=O) groups excluding carboxylic acids is 1. The van der Waals surface area contributed by atoms with Crippen LogP contribution in [0.1, 0.15) is 24.6 Å². The maximum absolute atomic E-state index is 12.5. The molecule has 1 amide bonds. The van der Waals surface area contributed by atoms with Crippen molar-refractivity contribution in [1.29, 1.82) is 0 Å². The number of ether oxygens (including phenoxy) is 3. The minimum atomic E-state index is 0.0357. The Hall–Kier alpha value is -3.48. The number of carbonyl (C=O) groups is 1. The first-order valence-corrected chi connectivity index (χ1v) is 9.42. The van der Waals surface area contributed by atoms with Crippen LogP contribution in [0.5, 0.6) is 17.2 Å². The molecular formula is C22H22N2O5. The van der Waals surface area contributed by atoms with Crippen LogP contribution in [0, 0.1) is 0 Å². The summed E-state index contributed by atoms with van der Waals surface area (Å²) < 4.78 is 21.5. The highest BCUT2D eigenvalue weighted by Crippen LogP contribution is 2.33. The van der Waals surface area contributed by atoms with Gasteiger partial charge in [-0.1, -0.05) is 30.3 Å². The van der Waals surface area contributed by atoms with Gasteiger partial charge in [0.15, 0.2) is 17.3 Å². The molecular weight excluding hydrogens is 372 g/mol. The summed E-state index contributed by atoms with van der Waals surface area (Å²) in [5.74, 6) is 2.83. The van der Waals surface area contributed by atoms with Crippen LogP contribution in [0.25, 0.3) is 11.3 Å². The molecule has 0 unspecified atom stereocenters. The lowest BCUT2D eigenvalue weighted by atomic mass is 10.1. The van der Waals surface area contributed by atoms with Crippen molar-refractivity contribution in [1.82, 2.24) is 10.1 Å². The van der Waals surface area contributed by atoms with E-state index in [0.717, 1.165) is 22.6 Å². The first kappa shape index (κ1) is 18.9. The minimum Gasteiger partial charge on any atom is -0.497 e. The number of methoxy groups -OCH3 is 1. The molecule has 0 N–H and O–H groups in total. The Bertz CT molecular complexity index is 1010. The normalized spacial score (nSPS) is 12.1. The van der Waals surface area contributed by atoms with Crippen LogP contribution >= 0.6 is 0 Å². The Morgan fingerprint density at radius 3 is 2.79 bits per heavy atom. The van der Waals surface area contributed by atoms with E-state index >= 15 is 0 Å². The van der Waals surface area contributed by atoms with Crippen molar-refractivity contribution in [2.45, 2.75) is 26.4 Å².